The minimum Gasteiger partial charge on any atom is -0.497 e. The lowest BCUT2D eigenvalue weighted by Gasteiger charge is -2.09. The number of carbonyl (C=O) groups excluding carboxylic acids is 1. The Bertz CT molecular complexity index is 1160. The number of fused-ring (bicyclic) bond motifs is 1. The standard InChI is InChI=1S/C25H22ClN3O2S/c1-31-20-12-8-18(9-13-20)23-14-25(29-22-5-3-2-4-21(22)28-23)32-16-24(30)27-15-17-6-10-19(26)11-7-17/h2-13H,14-16H2,1H3,(H,27,30). The minimum absolute atomic E-state index is 0.0480. The van der Waals surface area contributed by atoms with Crippen molar-refractivity contribution in [3.8, 4) is 5.75 Å². The van der Waals surface area contributed by atoms with Crippen LogP contribution in [0.2, 0.25) is 5.02 Å². The van der Waals surface area contributed by atoms with Crippen LogP contribution in [0.15, 0.2) is 82.8 Å². The van der Waals surface area contributed by atoms with E-state index in [-0.39, 0.29) is 11.7 Å². The molecule has 7 heteroatoms. The van der Waals surface area contributed by atoms with Crippen molar-refractivity contribution in [2.45, 2.75) is 13.0 Å². The van der Waals surface area contributed by atoms with Gasteiger partial charge < -0.3 is 10.1 Å². The second-order valence-corrected chi connectivity index (χ2v) is 8.63. The van der Waals surface area contributed by atoms with E-state index in [1.165, 1.54) is 11.8 Å². The van der Waals surface area contributed by atoms with Crippen LogP contribution in [0.3, 0.4) is 0 Å². The van der Waals surface area contributed by atoms with E-state index in [4.69, 9.17) is 26.3 Å². The largest absolute Gasteiger partial charge is 0.497 e. The lowest BCUT2D eigenvalue weighted by molar-refractivity contribution is -0.118. The second-order valence-electron chi connectivity index (χ2n) is 7.15. The normalized spacial score (nSPS) is 12.8. The highest BCUT2D eigenvalue weighted by Crippen LogP contribution is 2.33. The van der Waals surface area contributed by atoms with Crippen LogP contribution in [0.25, 0.3) is 0 Å². The van der Waals surface area contributed by atoms with Crippen molar-refractivity contribution in [1.29, 1.82) is 0 Å². The van der Waals surface area contributed by atoms with Crippen LogP contribution in [0.4, 0.5) is 11.4 Å². The number of hydrogen-bond donors (Lipinski definition) is 1. The molecule has 0 aliphatic carbocycles. The summed E-state index contributed by atoms with van der Waals surface area (Å²) >= 11 is 7.35. The lowest BCUT2D eigenvalue weighted by Crippen LogP contribution is -2.25. The number of benzene rings is 3. The van der Waals surface area contributed by atoms with E-state index in [2.05, 4.69) is 5.32 Å². The number of nitrogens with one attached hydrogen (secondary N) is 1. The van der Waals surface area contributed by atoms with E-state index in [1.54, 1.807) is 7.11 Å². The fraction of sp³-hybridized carbons (Fsp3) is 0.160. The van der Waals surface area contributed by atoms with Gasteiger partial charge in [0.1, 0.15) is 5.75 Å². The molecule has 0 spiro atoms. The van der Waals surface area contributed by atoms with Crippen LogP contribution in [0.1, 0.15) is 17.5 Å². The molecule has 3 aromatic rings. The van der Waals surface area contributed by atoms with Crippen molar-refractivity contribution in [2.24, 2.45) is 9.98 Å². The van der Waals surface area contributed by atoms with E-state index in [0.717, 1.165) is 39.0 Å². The summed E-state index contributed by atoms with van der Waals surface area (Å²) in [6, 6.07) is 23.0. The van der Waals surface area contributed by atoms with Crippen LogP contribution in [0, 0.1) is 0 Å². The zero-order valence-electron chi connectivity index (χ0n) is 17.5. The maximum absolute atomic E-state index is 12.4. The molecule has 0 saturated carbocycles. The van der Waals surface area contributed by atoms with E-state index in [9.17, 15) is 4.79 Å². The first kappa shape index (κ1) is 22.1. The van der Waals surface area contributed by atoms with Crippen molar-refractivity contribution in [2.75, 3.05) is 12.9 Å². The Hall–Kier alpha value is -3.09. The van der Waals surface area contributed by atoms with E-state index in [1.807, 2.05) is 72.8 Å². The number of hydrogen-bond acceptors (Lipinski definition) is 5. The third-order valence-electron chi connectivity index (χ3n) is 4.90. The number of para-hydroxylation sites is 2. The van der Waals surface area contributed by atoms with Gasteiger partial charge in [-0.3, -0.25) is 9.79 Å². The van der Waals surface area contributed by atoms with Gasteiger partial charge >= 0.3 is 0 Å². The number of aliphatic imine (C=N–C) groups is 2. The molecule has 1 N–H and O–H groups in total. The zero-order valence-corrected chi connectivity index (χ0v) is 19.1. The van der Waals surface area contributed by atoms with Gasteiger partial charge in [0.2, 0.25) is 5.91 Å². The number of methoxy groups -OCH3 is 1. The molecule has 162 valence electrons. The average molecular weight is 464 g/mol. The molecule has 1 heterocycles. The Morgan fingerprint density at radius 3 is 2.38 bits per heavy atom. The second kappa shape index (κ2) is 10.5. The molecule has 0 unspecified atom stereocenters. The van der Waals surface area contributed by atoms with Crippen molar-refractivity contribution < 1.29 is 9.53 Å². The molecule has 5 nitrogen and oxygen atoms in total. The minimum atomic E-state index is -0.0480. The van der Waals surface area contributed by atoms with Crippen LogP contribution in [-0.4, -0.2) is 29.5 Å². The van der Waals surface area contributed by atoms with Gasteiger partial charge in [-0.1, -0.05) is 35.9 Å². The molecule has 1 amide bonds. The van der Waals surface area contributed by atoms with Gasteiger partial charge in [0.25, 0.3) is 0 Å². The number of thioether (sulfide) groups is 1. The molecule has 1 aliphatic rings. The van der Waals surface area contributed by atoms with Gasteiger partial charge in [-0.2, -0.15) is 0 Å². The first-order chi connectivity index (χ1) is 15.6. The van der Waals surface area contributed by atoms with E-state index in [0.29, 0.717) is 18.0 Å². The summed E-state index contributed by atoms with van der Waals surface area (Å²) in [7, 11) is 1.65. The van der Waals surface area contributed by atoms with Crippen LogP contribution >= 0.6 is 23.4 Å². The quantitative estimate of drug-likeness (QED) is 0.491. The van der Waals surface area contributed by atoms with Crippen molar-refractivity contribution in [3.63, 3.8) is 0 Å². The molecule has 3 aromatic carbocycles. The van der Waals surface area contributed by atoms with E-state index < -0.39 is 0 Å². The smallest absolute Gasteiger partial charge is 0.230 e. The predicted octanol–water partition coefficient (Wildman–Crippen LogP) is 5.95. The maximum Gasteiger partial charge on any atom is 0.230 e. The molecule has 0 fully saturated rings. The summed E-state index contributed by atoms with van der Waals surface area (Å²) in [5, 5.41) is 4.48. The van der Waals surface area contributed by atoms with E-state index >= 15 is 0 Å². The summed E-state index contributed by atoms with van der Waals surface area (Å²) < 4.78 is 5.27. The molecule has 32 heavy (non-hydrogen) atoms. The molecule has 1 aliphatic heterocycles. The third-order valence-corrected chi connectivity index (χ3v) is 6.12. The van der Waals surface area contributed by atoms with Crippen molar-refractivity contribution in [3.05, 3.63) is 88.9 Å². The summed E-state index contributed by atoms with van der Waals surface area (Å²) in [5.74, 6) is 1.03. The summed E-state index contributed by atoms with van der Waals surface area (Å²) in [4.78, 5) is 22.1. The number of nitrogens with zero attached hydrogens (tertiary/aromatic N) is 2. The Balaban J connectivity index is 1.45. The highest BCUT2D eigenvalue weighted by Gasteiger charge is 2.16. The Morgan fingerprint density at radius 2 is 1.69 bits per heavy atom. The van der Waals surface area contributed by atoms with Gasteiger partial charge in [-0.25, -0.2) is 4.99 Å². The number of rotatable bonds is 6. The summed E-state index contributed by atoms with van der Waals surface area (Å²) in [5.41, 5.74) is 4.54. The molecular formula is C25H22ClN3O2S. The highest BCUT2D eigenvalue weighted by molar-refractivity contribution is 8.14. The van der Waals surface area contributed by atoms with Crippen LogP contribution in [0.5, 0.6) is 5.75 Å². The van der Waals surface area contributed by atoms with Crippen LogP contribution in [-0.2, 0) is 11.3 Å². The predicted molar refractivity (Wildman–Crippen MR) is 133 cm³/mol. The van der Waals surface area contributed by atoms with Crippen molar-refractivity contribution >= 4 is 51.4 Å². The van der Waals surface area contributed by atoms with Gasteiger partial charge in [0.15, 0.2) is 0 Å². The Morgan fingerprint density at radius 1 is 1.00 bits per heavy atom. The van der Waals surface area contributed by atoms with Crippen LogP contribution < -0.4 is 10.1 Å². The molecule has 0 radical (unpaired) electrons. The summed E-state index contributed by atoms with van der Waals surface area (Å²) in [6.45, 7) is 0.463. The highest BCUT2D eigenvalue weighted by atomic mass is 35.5. The fourth-order valence-electron chi connectivity index (χ4n) is 3.19. The average Bonchev–Trinajstić information content (AvgIpc) is 3.02. The topological polar surface area (TPSA) is 63.1 Å². The number of amides is 1. The molecule has 0 bridgehead atoms. The fourth-order valence-corrected chi connectivity index (χ4v) is 4.12. The maximum atomic E-state index is 12.4. The van der Waals surface area contributed by atoms with Crippen molar-refractivity contribution in [1.82, 2.24) is 5.32 Å². The number of ether oxygens (including phenoxy) is 1. The third kappa shape index (κ3) is 5.78. The first-order valence-electron chi connectivity index (χ1n) is 10.1. The number of carbonyl (C=O) groups is 1. The molecular weight excluding hydrogens is 442 g/mol. The Kier molecular flexibility index (Phi) is 7.24. The summed E-state index contributed by atoms with van der Waals surface area (Å²) in [6.07, 6.45) is 0.552. The van der Waals surface area contributed by atoms with Gasteiger partial charge in [-0.15, -0.1) is 11.8 Å². The SMILES string of the molecule is COc1ccc(C2=Nc3ccccc3N=C(SCC(=O)NCc3ccc(Cl)cc3)C2)cc1. The molecule has 0 saturated heterocycles. The van der Waals surface area contributed by atoms with Gasteiger partial charge in [0.05, 0.1) is 35.0 Å². The number of halogens is 1. The molecule has 0 aromatic heterocycles. The Labute approximate surface area is 196 Å². The first-order valence-corrected chi connectivity index (χ1v) is 11.5. The van der Waals surface area contributed by atoms with Gasteiger partial charge in [0, 0.05) is 18.0 Å². The zero-order chi connectivity index (χ0) is 22.3. The lowest BCUT2D eigenvalue weighted by atomic mass is 10.1. The van der Waals surface area contributed by atoms with Gasteiger partial charge in [-0.05, 0) is 59.7 Å². The molecule has 4 rings (SSSR count). The molecule has 0 atom stereocenters. The monoisotopic (exact) mass is 463 g/mol.